The zero-order valence-electron chi connectivity index (χ0n) is 9.28. The fourth-order valence-corrected chi connectivity index (χ4v) is 2.08. The van der Waals surface area contributed by atoms with E-state index in [2.05, 4.69) is 9.72 Å². The van der Waals surface area contributed by atoms with E-state index in [1.165, 1.54) is 6.92 Å². The van der Waals surface area contributed by atoms with E-state index in [4.69, 9.17) is 9.88 Å². The third-order valence-electron chi connectivity index (χ3n) is 1.84. The second-order valence-corrected chi connectivity index (χ2v) is 4.70. The van der Waals surface area contributed by atoms with E-state index in [1.807, 2.05) is 0 Å². The first-order valence-corrected chi connectivity index (χ1v) is 5.93. The van der Waals surface area contributed by atoms with Gasteiger partial charge in [-0.3, -0.25) is 0 Å². The van der Waals surface area contributed by atoms with Crippen LogP contribution >= 0.6 is 0 Å². The number of aromatic nitrogens is 1. The fraction of sp³-hybridized carbons (Fsp3) is 0.375. The van der Waals surface area contributed by atoms with Crippen LogP contribution in [0.5, 0.6) is 11.6 Å². The van der Waals surface area contributed by atoms with Gasteiger partial charge in [0.05, 0.1) is 7.11 Å². The SMILES string of the molecule is COc1c(C)cnc(OC(F)(F)F)c1S(N)(=O)=O. The Bertz CT molecular complexity index is 556. The minimum absolute atomic E-state index is 0.205. The molecular weight excluding hydrogens is 277 g/mol. The zero-order chi connectivity index (χ0) is 14.1. The Morgan fingerprint density at radius 1 is 1.39 bits per heavy atom. The number of hydrogen-bond donors (Lipinski definition) is 1. The first-order chi connectivity index (χ1) is 8.06. The van der Waals surface area contributed by atoms with Crippen LogP contribution in [0, 0.1) is 6.92 Å². The number of methoxy groups -OCH3 is 1. The molecule has 0 aliphatic rings. The van der Waals surface area contributed by atoms with Gasteiger partial charge >= 0.3 is 6.36 Å². The Labute approximate surface area is 101 Å². The average molecular weight is 286 g/mol. The highest BCUT2D eigenvalue weighted by atomic mass is 32.2. The van der Waals surface area contributed by atoms with Crippen molar-refractivity contribution in [1.82, 2.24) is 4.98 Å². The number of aryl methyl sites for hydroxylation is 1. The van der Waals surface area contributed by atoms with Crippen LogP contribution in [0.25, 0.3) is 0 Å². The van der Waals surface area contributed by atoms with Gasteiger partial charge in [0.25, 0.3) is 0 Å². The molecule has 1 heterocycles. The van der Waals surface area contributed by atoms with Crippen molar-refractivity contribution in [2.24, 2.45) is 5.14 Å². The molecule has 0 aliphatic heterocycles. The number of hydrogen-bond acceptors (Lipinski definition) is 5. The summed E-state index contributed by atoms with van der Waals surface area (Å²) in [6.45, 7) is 1.40. The van der Waals surface area contributed by atoms with E-state index in [-0.39, 0.29) is 11.3 Å². The van der Waals surface area contributed by atoms with Crippen LogP contribution < -0.4 is 14.6 Å². The van der Waals surface area contributed by atoms with Gasteiger partial charge in [0, 0.05) is 11.8 Å². The Balaban J connectivity index is 3.54. The quantitative estimate of drug-likeness (QED) is 0.893. The van der Waals surface area contributed by atoms with Gasteiger partial charge < -0.3 is 9.47 Å². The highest BCUT2D eigenvalue weighted by Crippen LogP contribution is 2.35. The van der Waals surface area contributed by atoms with E-state index in [9.17, 15) is 21.6 Å². The lowest BCUT2D eigenvalue weighted by Crippen LogP contribution is -2.22. The van der Waals surface area contributed by atoms with Gasteiger partial charge in [0.15, 0.2) is 4.90 Å². The maximum absolute atomic E-state index is 12.1. The number of primary sulfonamides is 1. The molecule has 0 aromatic carbocycles. The highest BCUT2D eigenvalue weighted by Gasteiger charge is 2.36. The van der Waals surface area contributed by atoms with Crippen LogP contribution in [0.1, 0.15) is 5.56 Å². The second-order valence-electron chi connectivity index (χ2n) is 3.20. The maximum Gasteiger partial charge on any atom is 0.574 e. The molecule has 0 saturated carbocycles. The third-order valence-corrected chi connectivity index (χ3v) is 2.76. The van der Waals surface area contributed by atoms with Crippen LogP contribution in [-0.2, 0) is 10.0 Å². The molecule has 1 rings (SSSR count). The van der Waals surface area contributed by atoms with Crippen molar-refractivity contribution in [2.45, 2.75) is 18.2 Å². The Morgan fingerprint density at radius 2 is 1.94 bits per heavy atom. The van der Waals surface area contributed by atoms with E-state index in [0.29, 0.717) is 0 Å². The van der Waals surface area contributed by atoms with Gasteiger partial charge in [-0.05, 0) is 6.92 Å². The molecule has 0 amide bonds. The lowest BCUT2D eigenvalue weighted by atomic mass is 10.3. The Kier molecular flexibility index (Phi) is 3.72. The second kappa shape index (κ2) is 4.61. The Hall–Kier alpha value is -1.55. The maximum atomic E-state index is 12.1. The number of nitrogens with two attached hydrogens (primary N) is 1. The molecule has 0 radical (unpaired) electrons. The molecule has 0 fully saturated rings. The molecule has 6 nitrogen and oxygen atoms in total. The molecule has 1 aromatic rings. The minimum Gasteiger partial charge on any atom is -0.495 e. The lowest BCUT2D eigenvalue weighted by molar-refractivity contribution is -0.277. The normalized spacial score (nSPS) is 12.3. The monoisotopic (exact) mass is 286 g/mol. The van der Waals surface area contributed by atoms with Crippen molar-refractivity contribution in [3.05, 3.63) is 11.8 Å². The summed E-state index contributed by atoms with van der Waals surface area (Å²) >= 11 is 0. The molecule has 0 aliphatic carbocycles. The number of nitrogens with zero attached hydrogens (tertiary/aromatic N) is 1. The number of halogens is 3. The molecule has 2 N–H and O–H groups in total. The van der Waals surface area contributed by atoms with Gasteiger partial charge in [-0.2, -0.15) is 0 Å². The van der Waals surface area contributed by atoms with Crippen LogP contribution in [0.2, 0.25) is 0 Å². The van der Waals surface area contributed by atoms with Crippen LogP contribution in [0.15, 0.2) is 11.1 Å². The van der Waals surface area contributed by atoms with Crippen molar-refractivity contribution in [3.63, 3.8) is 0 Å². The van der Waals surface area contributed by atoms with Crippen LogP contribution in [-0.4, -0.2) is 26.9 Å². The van der Waals surface area contributed by atoms with Crippen LogP contribution in [0.4, 0.5) is 13.2 Å². The van der Waals surface area contributed by atoms with Crippen molar-refractivity contribution in [3.8, 4) is 11.6 Å². The molecule has 10 heteroatoms. The first-order valence-electron chi connectivity index (χ1n) is 4.38. The average Bonchev–Trinajstić information content (AvgIpc) is 2.16. The summed E-state index contributed by atoms with van der Waals surface area (Å²) in [6.07, 6.45) is -4.11. The summed E-state index contributed by atoms with van der Waals surface area (Å²) < 4.78 is 67.1. The minimum atomic E-state index is -5.09. The van der Waals surface area contributed by atoms with E-state index in [0.717, 1.165) is 13.3 Å². The van der Waals surface area contributed by atoms with E-state index in [1.54, 1.807) is 0 Å². The van der Waals surface area contributed by atoms with Crippen molar-refractivity contribution in [2.75, 3.05) is 7.11 Å². The largest absolute Gasteiger partial charge is 0.574 e. The number of rotatable bonds is 3. The molecule has 0 bridgehead atoms. The topological polar surface area (TPSA) is 91.5 Å². The Morgan fingerprint density at radius 3 is 2.33 bits per heavy atom. The predicted octanol–water partition coefficient (Wildman–Crippen LogP) is 0.945. The number of pyridine rings is 1. The van der Waals surface area contributed by atoms with Crippen molar-refractivity contribution >= 4 is 10.0 Å². The zero-order valence-corrected chi connectivity index (χ0v) is 10.1. The summed E-state index contributed by atoms with van der Waals surface area (Å²) in [5, 5.41) is 4.83. The van der Waals surface area contributed by atoms with Gasteiger partial charge in [-0.15, -0.1) is 13.2 Å². The number of alkyl halides is 3. The van der Waals surface area contributed by atoms with Gasteiger partial charge in [-0.25, -0.2) is 18.5 Å². The number of ether oxygens (including phenoxy) is 2. The summed E-state index contributed by atoms with van der Waals surface area (Å²) in [6, 6.07) is 0. The van der Waals surface area contributed by atoms with Crippen molar-refractivity contribution < 1.29 is 31.1 Å². The molecule has 0 atom stereocenters. The molecular formula is C8H9F3N2O4S. The molecule has 102 valence electrons. The third kappa shape index (κ3) is 3.23. The first kappa shape index (κ1) is 14.5. The molecule has 0 unspecified atom stereocenters. The van der Waals surface area contributed by atoms with E-state index >= 15 is 0 Å². The highest BCUT2D eigenvalue weighted by molar-refractivity contribution is 7.89. The standard InChI is InChI=1S/C8H9F3N2O4S/c1-4-3-13-7(17-8(9,10)11)6(5(4)16-2)18(12,14)15/h3H,1-2H3,(H2,12,14,15). The van der Waals surface area contributed by atoms with Crippen molar-refractivity contribution in [1.29, 1.82) is 0 Å². The number of sulfonamides is 1. The van der Waals surface area contributed by atoms with Gasteiger partial charge in [-0.1, -0.05) is 0 Å². The summed E-state index contributed by atoms with van der Waals surface area (Å²) in [7, 11) is -3.39. The molecule has 1 aromatic heterocycles. The fourth-order valence-electron chi connectivity index (χ4n) is 1.24. The van der Waals surface area contributed by atoms with Gasteiger partial charge in [0.1, 0.15) is 5.75 Å². The predicted molar refractivity (Wildman–Crippen MR) is 53.6 cm³/mol. The summed E-state index contributed by atoms with van der Waals surface area (Å²) in [4.78, 5) is 2.31. The summed E-state index contributed by atoms with van der Waals surface area (Å²) in [5.41, 5.74) is 0.205. The molecule has 18 heavy (non-hydrogen) atoms. The smallest absolute Gasteiger partial charge is 0.495 e. The molecule has 0 spiro atoms. The van der Waals surface area contributed by atoms with Crippen LogP contribution in [0.3, 0.4) is 0 Å². The lowest BCUT2D eigenvalue weighted by Gasteiger charge is -2.14. The van der Waals surface area contributed by atoms with E-state index < -0.39 is 27.2 Å². The molecule has 0 saturated heterocycles. The summed E-state index contributed by atoms with van der Waals surface area (Å²) in [5.74, 6) is -1.51. The van der Waals surface area contributed by atoms with Gasteiger partial charge in [0.2, 0.25) is 15.9 Å².